The first kappa shape index (κ1) is 20.4. The van der Waals surface area contributed by atoms with Crippen LogP contribution in [-0.2, 0) is 28.4 Å². The molecule has 3 saturated heterocycles. The topological polar surface area (TPSA) is 61.9 Å². The Morgan fingerprint density at radius 1 is 0.385 bits per heavy atom. The van der Waals surface area contributed by atoms with Crippen molar-refractivity contribution in [2.24, 2.45) is 0 Å². The summed E-state index contributed by atoms with van der Waals surface area (Å²) in [6, 6.07) is 0. The Hall–Kier alpha value is -0.320. The summed E-state index contributed by atoms with van der Waals surface area (Å²) in [5.41, 5.74) is 0. The van der Waals surface area contributed by atoms with E-state index in [2.05, 4.69) is 4.90 Å². The third kappa shape index (κ3) is 11.4. The van der Waals surface area contributed by atoms with Gasteiger partial charge < -0.3 is 28.4 Å². The SMILES string of the molecule is [2H]C1COCCOCCN2CCOCCOCCN1CCOCCOCC2. The average molecular weight is 378 g/mol. The van der Waals surface area contributed by atoms with E-state index in [4.69, 9.17) is 29.8 Å². The Kier molecular flexibility index (Phi) is 12.3. The van der Waals surface area contributed by atoms with Crippen LogP contribution in [0.15, 0.2) is 0 Å². The van der Waals surface area contributed by atoms with Crippen LogP contribution >= 0.6 is 0 Å². The van der Waals surface area contributed by atoms with Gasteiger partial charge in [-0.15, -0.1) is 0 Å². The van der Waals surface area contributed by atoms with Crippen LogP contribution < -0.4 is 0 Å². The van der Waals surface area contributed by atoms with Gasteiger partial charge in [0.15, 0.2) is 0 Å². The lowest BCUT2D eigenvalue weighted by Crippen LogP contribution is -2.36. The van der Waals surface area contributed by atoms with E-state index in [0.717, 1.165) is 19.6 Å². The van der Waals surface area contributed by atoms with E-state index in [9.17, 15) is 0 Å². The number of fused-ring (bicyclic) bond motifs is 21. The molecule has 0 N–H and O–H groups in total. The fourth-order valence-corrected chi connectivity index (χ4v) is 2.68. The molecule has 3 heterocycles. The smallest absolute Gasteiger partial charge is 0.0701 e. The molecule has 0 aliphatic carbocycles. The number of hydrogen-bond donors (Lipinski definition) is 0. The van der Waals surface area contributed by atoms with Gasteiger partial charge in [0.2, 0.25) is 0 Å². The molecule has 1 unspecified atom stereocenters. The maximum absolute atomic E-state index is 8.35. The molecule has 2 bridgehead atoms. The summed E-state index contributed by atoms with van der Waals surface area (Å²) in [7, 11) is 0. The molecule has 0 aromatic rings. The lowest BCUT2D eigenvalue weighted by atomic mass is 10.4. The van der Waals surface area contributed by atoms with E-state index in [1.807, 2.05) is 4.90 Å². The van der Waals surface area contributed by atoms with Crippen molar-refractivity contribution in [3.8, 4) is 0 Å². The van der Waals surface area contributed by atoms with E-state index >= 15 is 0 Å². The predicted molar refractivity (Wildman–Crippen MR) is 97.8 cm³/mol. The van der Waals surface area contributed by atoms with Crippen molar-refractivity contribution in [1.82, 2.24) is 9.80 Å². The molecule has 154 valence electrons. The second-order valence-electron chi connectivity index (χ2n) is 6.20. The van der Waals surface area contributed by atoms with Crippen LogP contribution in [0, 0.1) is 0 Å². The first-order valence-corrected chi connectivity index (χ1v) is 9.71. The molecule has 26 heavy (non-hydrogen) atoms. The quantitative estimate of drug-likeness (QED) is 0.571. The van der Waals surface area contributed by atoms with Crippen molar-refractivity contribution >= 4 is 0 Å². The Morgan fingerprint density at radius 2 is 0.692 bits per heavy atom. The molecule has 3 fully saturated rings. The Balaban J connectivity index is 1.92. The summed E-state index contributed by atoms with van der Waals surface area (Å²) < 4.78 is 42.3. The Morgan fingerprint density at radius 3 is 1.08 bits per heavy atom. The maximum Gasteiger partial charge on any atom is 0.0701 e. The van der Waals surface area contributed by atoms with Crippen molar-refractivity contribution in [3.63, 3.8) is 0 Å². The fourth-order valence-electron chi connectivity index (χ4n) is 2.68. The molecule has 1 atom stereocenters. The van der Waals surface area contributed by atoms with Gasteiger partial charge in [0.25, 0.3) is 0 Å². The first-order valence-electron chi connectivity index (χ1n) is 10.3. The van der Waals surface area contributed by atoms with Crippen LogP contribution in [0.25, 0.3) is 0 Å². The second kappa shape index (κ2) is 15.7. The summed E-state index contributed by atoms with van der Waals surface area (Å²) in [5, 5.41) is 0. The zero-order valence-electron chi connectivity index (χ0n) is 16.9. The van der Waals surface area contributed by atoms with Gasteiger partial charge in [0, 0.05) is 40.6 Å². The second-order valence-corrected chi connectivity index (χ2v) is 6.20. The minimum atomic E-state index is -0.446. The highest BCUT2D eigenvalue weighted by atomic mass is 16.5. The van der Waals surface area contributed by atoms with Crippen molar-refractivity contribution in [1.29, 1.82) is 0 Å². The lowest BCUT2D eigenvalue weighted by molar-refractivity contribution is -0.0103. The highest BCUT2D eigenvalue weighted by Gasteiger charge is 2.08. The van der Waals surface area contributed by atoms with Crippen molar-refractivity contribution < 1.29 is 29.8 Å². The summed E-state index contributed by atoms with van der Waals surface area (Å²) in [4.78, 5) is 4.30. The standard InChI is InChI=1S/C18H36N2O6/c1-7-21-13-14-24-10-4-20-5-11-25-17-15-22-8-2-19(1)3-9-23-16-18-26-12-6-20/h1-18H2/i1D. The van der Waals surface area contributed by atoms with Crippen LogP contribution in [0.5, 0.6) is 0 Å². The molecule has 0 saturated carbocycles. The molecular weight excluding hydrogens is 340 g/mol. The summed E-state index contributed by atoms with van der Waals surface area (Å²) in [6.45, 7) is 10.2. The van der Waals surface area contributed by atoms with Crippen molar-refractivity contribution in [3.05, 3.63) is 0 Å². The fraction of sp³-hybridized carbons (Fsp3) is 1.00. The van der Waals surface area contributed by atoms with Gasteiger partial charge in [-0.2, -0.15) is 0 Å². The lowest BCUT2D eigenvalue weighted by Gasteiger charge is -2.24. The largest absolute Gasteiger partial charge is 0.378 e. The molecule has 3 aliphatic heterocycles. The van der Waals surface area contributed by atoms with Gasteiger partial charge in [0.1, 0.15) is 0 Å². The normalized spacial score (nSPS) is 33.8. The van der Waals surface area contributed by atoms with E-state index in [1.54, 1.807) is 0 Å². The van der Waals surface area contributed by atoms with Crippen LogP contribution in [0.3, 0.4) is 0 Å². The Bertz CT molecular complexity index is 330. The molecule has 0 aromatic carbocycles. The van der Waals surface area contributed by atoms with E-state index in [1.165, 1.54) is 0 Å². The van der Waals surface area contributed by atoms with Crippen molar-refractivity contribution in [2.75, 3.05) is 119 Å². The number of rotatable bonds is 0. The Labute approximate surface area is 159 Å². The maximum atomic E-state index is 8.35. The van der Waals surface area contributed by atoms with Gasteiger partial charge in [-0.05, 0) is 0 Å². The molecule has 3 rings (SSSR count). The molecule has 0 amide bonds. The number of hydrogen-bond acceptors (Lipinski definition) is 8. The highest BCUT2D eigenvalue weighted by Crippen LogP contribution is 1.95. The minimum Gasteiger partial charge on any atom is -0.378 e. The highest BCUT2D eigenvalue weighted by molar-refractivity contribution is 4.59. The van der Waals surface area contributed by atoms with Crippen molar-refractivity contribution in [2.45, 2.75) is 0 Å². The third-order valence-electron chi connectivity index (χ3n) is 4.27. The van der Waals surface area contributed by atoms with Gasteiger partial charge in [-0.3, -0.25) is 9.80 Å². The zero-order valence-corrected chi connectivity index (χ0v) is 15.9. The van der Waals surface area contributed by atoms with Crippen LogP contribution in [-0.4, -0.2) is 128 Å². The van der Waals surface area contributed by atoms with Crippen LogP contribution in [0.4, 0.5) is 0 Å². The minimum absolute atomic E-state index is 0.349. The number of nitrogens with zero attached hydrogens (tertiary/aromatic N) is 2. The van der Waals surface area contributed by atoms with E-state index in [0.29, 0.717) is 92.4 Å². The summed E-state index contributed by atoms with van der Waals surface area (Å²) in [5.74, 6) is 0. The van der Waals surface area contributed by atoms with Gasteiger partial charge in [0.05, 0.1) is 79.3 Å². The van der Waals surface area contributed by atoms with E-state index < -0.39 is 6.52 Å². The predicted octanol–water partition coefficient (Wildman–Crippen LogP) is -0.283. The third-order valence-corrected chi connectivity index (χ3v) is 4.27. The van der Waals surface area contributed by atoms with Gasteiger partial charge >= 0.3 is 0 Å². The molecule has 0 radical (unpaired) electrons. The first-order chi connectivity index (χ1) is 13.4. The van der Waals surface area contributed by atoms with E-state index in [-0.39, 0.29) is 0 Å². The van der Waals surface area contributed by atoms with Crippen LogP contribution in [0.2, 0.25) is 0 Å². The molecule has 8 nitrogen and oxygen atoms in total. The molecular formula is C18H36N2O6. The van der Waals surface area contributed by atoms with Gasteiger partial charge in [-0.25, -0.2) is 0 Å². The summed E-state index contributed by atoms with van der Waals surface area (Å²) >= 11 is 0. The summed E-state index contributed by atoms with van der Waals surface area (Å²) in [6.07, 6.45) is 0. The average Bonchev–Trinajstić information content (AvgIpc) is 2.67. The molecule has 0 aromatic heterocycles. The van der Waals surface area contributed by atoms with Gasteiger partial charge in [-0.1, -0.05) is 0 Å². The molecule has 0 spiro atoms. The zero-order chi connectivity index (χ0) is 19.0. The number of ether oxygens (including phenoxy) is 6. The van der Waals surface area contributed by atoms with Crippen LogP contribution in [0.1, 0.15) is 1.37 Å². The molecule has 8 heteroatoms. The monoisotopic (exact) mass is 377 g/mol. The molecule has 3 aliphatic rings.